The fraction of sp³-hybridized carbons (Fsp3) is 0.700. The van der Waals surface area contributed by atoms with Crippen molar-refractivity contribution in [2.24, 2.45) is 0 Å². The maximum atomic E-state index is 10.6. The minimum Gasteiger partial charge on any atom is -0.462 e. The first-order valence-electron chi connectivity index (χ1n) is 4.76. The molecule has 14 heavy (non-hydrogen) atoms. The summed E-state index contributed by atoms with van der Waals surface area (Å²) in [6, 6.07) is 0. The molecule has 0 heterocycles. The first-order chi connectivity index (χ1) is 6.24. The van der Waals surface area contributed by atoms with E-state index in [1.54, 1.807) is 0 Å². The molecule has 0 aromatic carbocycles. The summed E-state index contributed by atoms with van der Waals surface area (Å²) in [6.45, 7) is 11.1. The van der Waals surface area contributed by atoms with Crippen molar-refractivity contribution >= 4 is 5.97 Å². The number of hydrogen-bond acceptors (Lipinski definition) is 4. The molecule has 0 saturated carbocycles. The second kappa shape index (κ2) is 10.2. The van der Waals surface area contributed by atoms with Crippen LogP contribution in [0.2, 0.25) is 0 Å². The Balaban J connectivity index is 0. The molecule has 0 aliphatic carbocycles. The van der Waals surface area contributed by atoms with Crippen LogP contribution in [0.5, 0.6) is 0 Å². The van der Waals surface area contributed by atoms with Crippen LogP contribution in [0.15, 0.2) is 12.7 Å². The van der Waals surface area contributed by atoms with Gasteiger partial charge in [0.1, 0.15) is 0 Å². The van der Waals surface area contributed by atoms with Gasteiger partial charge in [-0.25, -0.2) is 4.79 Å². The van der Waals surface area contributed by atoms with E-state index in [1.807, 2.05) is 0 Å². The van der Waals surface area contributed by atoms with Gasteiger partial charge in [-0.15, -0.1) is 0 Å². The molecular weight excluding hydrogens is 180 g/mol. The van der Waals surface area contributed by atoms with E-state index in [0.717, 1.165) is 26.1 Å². The highest BCUT2D eigenvalue weighted by Crippen LogP contribution is 1.91. The van der Waals surface area contributed by atoms with Crippen LogP contribution in [0.4, 0.5) is 0 Å². The van der Waals surface area contributed by atoms with Crippen molar-refractivity contribution in [3.8, 4) is 0 Å². The van der Waals surface area contributed by atoms with Crippen molar-refractivity contribution in [2.45, 2.75) is 20.3 Å². The van der Waals surface area contributed by atoms with Crippen molar-refractivity contribution < 1.29 is 9.53 Å². The number of hydrogen-bond donors (Lipinski definition) is 1. The summed E-state index contributed by atoms with van der Waals surface area (Å²) >= 11 is 0. The number of carbonyl (C=O) groups excluding carboxylic acids is 1. The highest BCUT2D eigenvalue weighted by Gasteiger charge is 1.99. The predicted octanol–water partition coefficient (Wildman–Crippen LogP) is 1.61. The fourth-order valence-corrected chi connectivity index (χ4v) is 1.06. The van der Waals surface area contributed by atoms with E-state index in [0.29, 0.717) is 6.61 Å². The summed E-state index contributed by atoms with van der Waals surface area (Å²) in [5.74, 6) is -0.334. The normalized spacial score (nSPS) is 9.36. The smallest absolute Gasteiger partial charge is 0.330 e. The minimum atomic E-state index is -0.334. The van der Waals surface area contributed by atoms with Crippen LogP contribution < -0.4 is 6.15 Å². The third kappa shape index (κ3) is 7.76. The van der Waals surface area contributed by atoms with Gasteiger partial charge in [0.15, 0.2) is 0 Å². The minimum absolute atomic E-state index is 0. The SMILES string of the molecule is C=CC(=O)OCCCN(CC)CC.N. The number of rotatable bonds is 7. The van der Waals surface area contributed by atoms with Crippen LogP contribution >= 0.6 is 0 Å². The first kappa shape index (κ1) is 15.6. The molecule has 0 fully saturated rings. The van der Waals surface area contributed by atoms with Gasteiger partial charge < -0.3 is 15.8 Å². The first-order valence-corrected chi connectivity index (χ1v) is 4.76. The average Bonchev–Trinajstić information content (AvgIpc) is 2.18. The van der Waals surface area contributed by atoms with Crippen LogP contribution in [0.25, 0.3) is 0 Å². The molecule has 4 heteroatoms. The van der Waals surface area contributed by atoms with Gasteiger partial charge >= 0.3 is 5.97 Å². The molecule has 3 N–H and O–H groups in total. The standard InChI is InChI=1S/C10H19NO2.H3N/c1-4-10(12)13-9-7-8-11(5-2)6-3;/h4H,1,5-9H2,2-3H3;1H3. The van der Waals surface area contributed by atoms with Gasteiger partial charge in [-0.2, -0.15) is 0 Å². The fourth-order valence-electron chi connectivity index (χ4n) is 1.06. The molecule has 0 amide bonds. The average molecular weight is 202 g/mol. The monoisotopic (exact) mass is 202 g/mol. The highest BCUT2D eigenvalue weighted by molar-refractivity contribution is 5.81. The third-order valence-corrected chi connectivity index (χ3v) is 1.92. The van der Waals surface area contributed by atoms with Crippen molar-refractivity contribution in [2.75, 3.05) is 26.2 Å². The molecule has 0 bridgehead atoms. The maximum absolute atomic E-state index is 10.6. The van der Waals surface area contributed by atoms with Crippen molar-refractivity contribution in [1.82, 2.24) is 11.1 Å². The van der Waals surface area contributed by atoms with Crippen molar-refractivity contribution in [1.29, 1.82) is 0 Å². The van der Waals surface area contributed by atoms with E-state index >= 15 is 0 Å². The predicted molar refractivity (Wildman–Crippen MR) is 58.6 cm³/mol. The summed E-state index contributed by atoms with van der Waals surface area (Å²) in [5, 5.41) is 0. The molecular formula is C10H22N2O2. The Morgan fingerprint density at radius 2 is 2.00 bits per heavy atom. The van der Waals surface area contributed by atoms with Gasteiger partial charge in [-0.1, -0.05) is 20.4 Å². The van der Waals surface area contributed by atoms with Crippen LogP contribution in [0, 0.1) is 0 Å². The molecule has 84 valence electrons. The van der Waals surface area contributed by atoms with E-state index in [2.05, 4.69) is 25.3 Å². The van der Waals surface area contributed by atoms with E-state index < -0.39 is 0 Å². The molecule has 0 aliphatic rings. The van der Waals surface area contributed by atoms with Crippen LogP contribution in [0.1, 0.15) is 20.3 Å². The zero-order valence-corrected chi connectivity index (χ0v) is 9.29. The van der Waals surface area contributed by atoms with E-state index in [1.165, 1.54) is 6.08 Å². The van der Waals surface area contributed by atoms with E-state index in [4.69, 9.17) is 4.74 Å². The molecule has 0 atom stereocenters. The molecule has 0 rings (SSSR count). The lowest BCUT2D eigenvalue weighted by Gasteiger charge is -2.17. The Bertz CT molecular complexity index is 156. The quantitative estimate of drug-likeness (QED) is 0.387. The largest absolute Gasteiger partial charge is 0.462 e. The Hall–Kier alpha value is -0.870. The van der Waals surface area contributed by atoms with Crippen molar-refractivity contribution in [3.63, 3.8) is 0 Å². The highest BCUT2D eigenvalue weighted by atomic mass is 16.5. The van der Waals surface area contributed by atoms with Gasteiger partial charge in [-0.3, -0.25) is 0 Å². The van der Waals surface area contributed by atoms with Gasteiger partial charge in [0.05, 0.1) is 6.61 Å². The Morgan fingerprint density at radius 1 is 1.43 bits per heavy atom. The lowest BCUT2D eigenvalue weighted by Crippen LogP contribution is -2.25. The van der Waals surface area contributed by atoms with Crippen LogP contribution in [-0.2, 0) is 9.53 Å². The molecule has 0 spiro atoms. The Kier molecular flexibility index (Phi) is 11.4. The molecule has 0 aromatic rings. The third-order valence-electron chi connectivity index (χ3n) is 1.92. The molecule has 0 aliphatic heterocycles. The topological polar surface area (TPSA) is 64.5 Å². The summed E-state index contributed by atoms with van der Waals surface area (Å²) < 4.78 is 4.85. The van der Waals surface area contributed by atoms with Crippen LogP contribution in [-0.4, -0.2) is 37.1 Å². The zero-order chi connectivity index (χ0) is 10.1. The Labute approximate surface area is 86.5 Å². The zero-order valence-electron chi connectivity index (χ0n) is 9.29. The van der Waals surface area contributed by atoms with Crippen molar-refractivity contribution in [3.05, 3.63) is 12.7 Å². The van der Waals surface area contributed by atoms with Gasteiger partial charge in [0.2, 0.25) is 0 Å². The molecule has 0 aromatic heterocycles. The lowest BCUT2D eigenvalue weighted by molar-refractivity contribution is -0.137. The summed E-state index contributed by atoms with van der Waals surface area (Å²) in [7, 11) is 0. The molecule has 4 nitrogen and oxygen atoms in total. The summed E-state index contributed by atoms with van der Waals surface area (Å²) in [4.78, 5) is 12.9. The van der Waals surface area contributed by atoms with Gasteiger partial charge in [0, 0.05) is 12.6 Å². The lowest BCUT2D eigenvalue weighted by atomic mass is 10.4. The van der Waals surface area contributed by atoms with Crippen LogP contribution in [0.3, 0.4) is 0 Å². The summed E-state index contributed by atoms with van der Waals surface area (Å²) in [5.41, 5.74) is 0. The Morgan fingerprint density at radius 3 is 2.43 bits per heavy atom. The second-order valence-corrected chi connectivity index (χ2v) is 2.75. The summed E-state index contributed by atoms with van der Waals surface area (Å²) in [6.07, 6.45) is 2.08. The van der Waals surface area contributed by atoms with Gasteiger partial charge in [0.25, 0.3) is 0 Å². The number of ether oxygens (including phenoxy) is 1. The molecule has 0 unspecified atom stereocenters. The van der Waals surface area contributed by atoms with E-state index in [9.17, 15) is 4.79 Å². The molecule has 0 saturated heterocycles. The van der Waals surface area contributed by atoms with E-state index in [-0.39, 0.29) is 12.1 Å². The number of nitrogens with zero attached hydrogens (tertiary/aromatic N) is 1. The number of carbonyl (C=O) groups is 1. The second-order valence-electron chi connectivity index (χ2n) is 2.75. The maximum Gasteiger partial charge on any atom is 0.330 e. The molecule has 0 radical (unpaired) electrons. The number of esters is 1. The van der Waals surface area contributed by atoms with Gasteiger partial charge in [-0.05, 0) is 19.5 Å².